The van der Waals surface area contributed by atoms with Crippen molar-refractivity contribution in [3.8, 4) is 22.6 Å². The summed E-state index contributed by atoms with van der Waals surface area (Å²) in [6.45, 7) is 4.09. The van der Waals surface area contributed by atoms with Crippen molar-refractivity contribution in [2.24, 2.45) is 10.2 Å². The lowest BCUT2D eigenvalue weighted by atomic mass is 9.99. The number of amides is 1. The van der Waals surface area contributed by atoms with Crippen LogP contribution in [0.15, 0.2) is 64.8 Å². The van der Waals surface area contributed by atoms with Crippen LogP contribution in [0.1, 0.15) is 28.4 Å². The van der Waals surface area contributed by atoms with Gasteiger partial charge in [0.05, 0.1) is 29.3 Å². The Morgan fingerprint density at radius 1 is 1.14 bits per heavy atom. The molecule has 176 valence electrons. The number of phenolic OH excluding ortho intramolecular Hbond substituents is 1. The first-order valence-electron chi connectivity index (χ1n) is 11.0. The summed E-state index contributed by atoms with van der Waals surface area (Å²) in [7, 11) is 0. The number of benzene rings is 3. The molecule has 0 unspecified atom stereocenters. The SMILES string of the molecule is CC1=NN(c2ccc3c(c2)CCO3)C(=O)C1=NNc1cccc(-c2cc(C)cc(C(=O)O)c2)c1O. The fourth-order valence-electron chi connectivity index (χ4n) is 4.15. The van der Waals surface area contributed by atoms with Gasteiger partial charge in [-0.05, 0) is 66.9 Å². The van der Waals surface area contributed by atoms with Gasteiger partial charge in [-0.1, -0.05) is 18.2 Å². The van der Waals surface area contributed by atoms with Crippen LogP contribution >= 0.6 is 0 Å². The van der Waals surface area contributed by atoms with E-state index in [-0.39, 0.29) is 22.7 Å². The molecule has 1 amide bonds. The average molecular weight is 470 g/mol. The summed E-state index contributed by atoms with van der Waals surface area (Å²) in [4.78, 5) is 24.5. The molecule has 9 nitrogen and oxygen atoms in total. The summed E-state index contributed by atoms with van der Waals surface area (Å²) in [5.41, 5.74) is 7.10. The van der Waals surface area contributed by atoms with Crippen molar-refractivity contribution in [1.29, 1.82) is 0 Å². The molecule has 2 aliphatic rings. The number of phenols is 1. The molecule has 9 heteroatoms. The number of para-hydroxylation sites is 1. The van der Waals surface area contributed by atoms with E-state index in [1.165, 1.54) is 11.1 Å². The van der Waals surface area contributed by atoms with E-state index in [4.69, 9.17) is 4.74 Å². The van der Waals surface area contributed by atoms with Crippen molar-refractivity contribution >= 4 is 34.7 Å². The van der Waals surface area contributed by atoms with Gasteiger partial charge in [0.15, 0.2) is 5.71 Å². The highest BCUT2D eigenvalue weighted by Gasteiger charge is 2.31. The van der Waals surface area contributed by atoms with Crippen LogP contribution in [0.4, 0.5) is 11.4 Å². The maximum Gasteiger partial charge on any atom is 0.335 e. The number of ether oxygens (including phenoxy) is 1. The third-order valence-electron chi connectivity index (χ3n) is 5.86. The van der Waals surface area contributed by atoms with Crippen LogP contribution < -0.4 is 15.2 Å². The maximum absolute atomic E-state index is 13.0. The number of nitrogens with one attached hydrogen (secondary N) is 1. The number of carbonyl (C=O) groups excluding carboxylic acids is 1. The average Bonchev–Trinajstić information content (AvgIpc) is 3.41. The number of carboxylic acids is 1. The zero-order valence-electron chi connectivity index (χ0n) is 19.1. The molecule has 0 saturated carbocycles. The van der Waals surface area contributed by atoms with E-state index in [9.17, 15) is 19.8 Å². The van der Waals surface area contributed by atoms with Gasteiger partial charge in [-0.15, -0.1) is 0 Å². The molecular formula is C26H22N4O5. The lowest BCUT2D eigenvalue weighted by Crippen LogP contribution is -2.28. The zero-order valence-corrected chi connectivity index (χ0v) is 19.1. The van der Waals surface area contributed by atoms with Gasteiger partial charge < -0.3 is 14.9 Å². The quantitative estimate of drug-likeness (QED) is 0.379. The molecule has 0 aliphatic carbocycles. The van der Waals surface area contributed by atoms with E-state index in [2.05, 4.69) is 15.6 Å². The largest absolute Gasteiger partial charge is 0.505 e. The number of hydrogen-bond donors (Lipinski definition) is 3. The molecule has 2 aliphatic heterocycles. The van der Waals surface area contributed by atoms with Gasteiger partial charge in [-0.2, -0.15) is 15.2 Å². The minimum Gasteiger partial charge on any atom is -0.505 e. The molecule has 0 fully saturated rings. The number of fused-ring (bicyclic) bond motifs is 1. The fourth-order valence-corrected chi connectivity index (χ4v) is 4.15. The number of hydrogen-bond acceptors (Lipinski definition) is 7. The number of nitrogens with zero attached hydrogens (tertiary/aromatic N) is 3. The minimum atomic E-state index is -1.05. The molecule has 0 saturated heterocycles. The van der Waals surface area contributed by atoms with Crippen LogP contribution in [0.3, 0.4) is 0 Å². The molecule has 2 heterocycles. The van der Waals surface area contributed by atoms with Gasteiger partial charge in [0.25, 0.3) is 0 Å². The summed E-state index contributed by atoms with van der Waals surface area (Å²) < 4.78 is 5.52. The number of carbonyl (C=O) groups is 2. The van der Waals surface area contributed by atoms with E-state index >= 15 is 0 Å². The van der Waals surface area contributed by atoms with Gasteiger partial charge in [-0.25, -0.2) is 4.79 Å². The summed E-state index contributed by atoms with van der Waals surface area (Å²) >= 11 is 0. The Hall–Kier alpha value is -4.66. The fraction of sp³-hybridized carbons (Fsp3) is 0.154. The van der Waals surface area contributed by atoms with Crippen LogP contribution in [0.5, 0.6) is 11.5 Å². The van der Waals surface area contributed by atoms with E-state index in [1.807, 2.05) is 12.1 Å². The Bertz CT molecular complexity index is 1440. The highest BCUT2D eigenvalue weighted by molar-refractivity contribution is 6.71. The highest BCUT2D eigenvalue weighted by Crippen LogP contribution is 2.36. The van der Waals surface area contributed by atoms with Gasteiger partial charge >= 0.3 is 11.9 Å². The minimum absolute atomic E-state index is 0.116. The van der Waals surface area contributed by atoms with Gasteiger partial charge in [0.2, 0.25) is 0 Å². The molecule has 0 bridgehead atoms. The smallest absolute Gasteiger partial charge is 0.335 e. The van der Waals surface area contributed by atoms with Crippen LogP contribution in [0, 0.1) is 6.92 Å². The van der Waals surface area contributed by atoms with Crippen LogP contribution in [-0.4, -0.2) is 40.1 Å². The number of hydrazone groups is 2. The molecule has 0 radical (unpaired) electrons. The summed E-state index contributed by atoms with van der Waals surface area (Å²) in [6.07, 6.45) is 0.779. The molecule has 0 atom stereocenters. The number of rotatable bonds is 5. The van der Waals surface area contributed by atoms with Crippen LogP contribution in [0.25, 0.3) is 11.1 Å². The van der Waals surface area contributed by atoms with Gasteiger partial charge in [-0.3, -0.25) is 10.2 Å². The Kier molecular flexibility index (Phi) is 5.44. The first-order chi connectivity index (χ1) is 16.8. The molecule has 3 aromatic rings. The lowest BCUT2D eigenvalue weighted by molar-refractivity contribution is -0.112. The molecule has 35 heavy (non-hydrogen) atoms. The molecule has 5 rings (SSSR count). The standard InChI is InChI=1S/C26H22N4O5/c1-14-10-17(12-18(11-14)26(33)34)20-4-3-5-21(24(20)31)27-28-23-15(2)29-30(25(23)32)19-6-7-22-16(13-19)8-9-35-22/h3-7,10-13,27,31H,8-9H2,1-2H3,(H,33,34). The third kappa shape index (κ3) is 4.08. The van der Waals surface area contributed by atoms with Crippen molar-refractivity contribution in [2.45, 2.75) is 20.3 Å². The van der Waals surface area contributed by atoms with E-state index in [1.54, 1.807) is 50.2 Å². The van der Waals surface area contributed by atoms with Gasteiger partial charge in [0, 0.05) is 12.0 Å². The number of anilines is 2. The van der Waals surface area contributed by atoms with Crippen molar-refractivity contribution < 1.29 is 24.5 Å². The first-order valence-corrected chi connectivity index (χ1v) is 11.0. The molecule has 3 N–H and O–H groups in total. The van der Waals surface area contributed by atoms with Crippen LogP contribution in [-0.2, 0) is 11.2 Å². The molecule has 0 aromatic heterocycles. The number of carboxylic acid groups (broad SMARTS) is 1. The second-order valence-electron chi connectivity index (χ2n) is 8.36. The van der Waals surface area contributed by atoms with E-state index < -0.39 is 11.9 Å². The Morgan fingerprint density at radius 3 is 2.77 bits per heavy atom. The Morgan fingerprint density at radius 2 is 1.97 bits per heavy atom. The van der Waals surface area contributed by atoms with Crippen molar-refractivity contribution in [3.05, 3.63) is 71.3 Å². The lowest BCUT2D eigenvalue weighted by Gasteiger charge is -2.13. The normalized spacial score (nSPS) is 15.7. The van der Waals surface area contributed by atoms with Crippen molar-refractivity contribution in [2.75, 3.05) is 17.0 Å². The third-order valence-corrected chi connectivity index (χ3v) is 5.86. The van der Waals surface area contributed by atoms with Crippen LogP contribution in [0.2, 0.25) is 0 Å². The second kappa shape index (κ2) is 8.60. The Balaban J connectivity index is 1.41. The number of aryl methyl sites for hydroxylation is 1. The maximum atomic E-state index is 13.0. The summed E-state index contributed by atoms with van der Waals surface area (Å²) in [6, 6.07) is 15.3. The first kappa shape index (κ1) is 22.1. The van der Waals surface area contributed by atoms with Crippen molar-refractivity contribution in [1.82, 2.24) is 0 Å². The highest BCUT2D eigenvalue weighted by atomic mass is 16.5. The summed E-state index contributed by atoms with van der Waals surface area (Å²) in [5.74, 6) is -0.746. The van der Waals surface area contributed by atoms with E-state index in [0.717, 1.165) is 23.3 Å². The second-order valence-corrected chi connectivity index (χ2v) is 8.36. The number of aromatic hydroxyl groups is 1. The number of aromatic carboxylic acids is 1. The van der Waals surface area contributed by atoms with Gasteiger partial charge in [0.1, 0.15) is 11.5 Å². The predicted molar refractivity (Wildman–Crippen MR) is 133 cm³/mol. The molecule has 3 aromatic carbocycles. The molecular weight excluding hydrogens is 448 g/mol. The van der Waals surface area contributed by atoms with Crippen molar-refractivity contribution in [3.63, 3.8) is 0 Å². The van der Waals surface area contributed by atoms with E-state index in [0.29, 0.717) is 29.1 Å². The topological polar surface area (TPSA) is 124 Å². The zero-order chi connectivity index (χ0) is 24.7. The molecule has 0 spiro atoms. The predicted octanol–water partition coefficient (Wildman–Crippen LogP) is 4.19. The monoisotopic (exact) mass is 470 g/mol. The summed E-state index contributed by atoms with van der Waals surface area (Å²) in [5, 5.41) is 30.1. The Labute approximate surface area is 201 Å².